The lowest BCUT2D eigenvalue weighted by atomic mass is 10.2. The molecular weight excluding hydrogens is 328 g/mol. The zero-order valence-corrected chi connectivity index (χ0v) is 13.6. The van der Waals surface area contributed by atoms with Crippen LogP contribution in [0, 0.1) is 0 Å². The Morgan fingerprint density at radius 1 is 1.21 bits per heavy atom. The van der Waals surface area contributed by atoms with Crippen molar-refractivity contribution in [3.63, 3.8) is 0 Å². The predicted octanol–water partition coefficient (Wildman–Crippen LogP) is 2.92. The van der Waals surface area contributed by atoms with E-state index >= 15 is 0 Å². The number of hydrogen-bond donors (Lipinski definition) is 1. The molecule has 0 aliphatic carbocycles. The van der Waals surface area contributed by atoms with Crippen molar-refractivity contribution < 1.29 is 19.4 Å². The van der Waals surface area contributed by atoms with Gasteiger partial charge in [-0.15, -0.1) is 11.8 Å². The Kier molecular flexibility index (Phi) is 5.00. The molecule has 2 atom stereocenters. The summed E-state index contributed by atoms with van der Waals surface area (Å²) in [7, 11) is 0. The first-order chi connectivity index (χ1) is 11.7. The second-order valence-corrected chi connectivity index (χ2v) is 6.38. The molecular formula is C17H16N2O4S. The van der Waals surface area contributed by atoms with E-state index in [0.29, 0.717) is 5.75 Å². The molecule has 1 aliphatic heterocycles. The van der Waals surface area contributed by atoms with Gasteiger partial charge < -0.3 is 9.84 Å². The van der Waals surface area contributed by atoms with E-state index in [4.69, 9.17) is 4.74 Å². The van der Waals surface area contributed by atoms with E-state index in [2.05, 4.69) is 4.98 Å². The van der Waals surface area contributed by atoms with Crippen LogP contribution in [0.25, 0.3) is 0 Å². The molecule has 2 heterocycles. The van der Waals surface area contributed by atoms with Crippen molar-refractivity contribution in [2.75, 3.05) is 5.75 Å². The molecule has 1 aromatic heterocycles. The summed E-state index contributed by atoms with van der Waals surface area (Å²) >= 11 is 1.41. The Morgan fingerprint density at radius 2 is 1.92 bits per heavy atom. The molecule has 6 nitrogen and oxygen atoms in total. The van der Waals surface area contributed by atoms with Crippen LogP contribution in [0.5, 0.6) is 0 Å². The topological polar surface area (TPSA) is 79.7 Å². The van der Waals surface area contributed by atoms with Crippen LogP contribution < -0.4 is 0 Å². The van der Waals surface area contributed by atoms with Crippen molar-refractivity contribution in [1.29, 1.82) is 0 Å². The monoisotopic (exact) mass is 344 g/mol. The molecule has 7 heteroatoms. The molecule has 1 saturated heterocycles. The van der Waals surface area contributed by atoms with Crippen molar-refractivity contribution in [3.8, 4) is 0 Å². The van der Waals surface area contributed by atoms with E-state index in [-0.39, 0.29) is 6.61 Å². The summed E-state index contributed by atoms with van der Waals surface area (Å²) in [6.45, 7) is 0.107. The second kappa shape index (κ2) is 7.35. The largest absolute Gasteiger partial charge is 0.480 e. The normalized spacial score (nSPS) is 19.9. The van der Waals surface area contributed by atoms with Crippen LogP contribution in [0.4, 0.5) is 4.79 Å². The minimum atomic E-state index is -1.03. The van der Waals surface area contributed by atoms with Gasteiger partial charge in [0.1, 0.15) is 18.0 Å². The summed E-state index contributed by atoms with van der Waals surface area (Å²) in [5.74, 6) is -0.710. The Morgan fingerprint density at radius 3 is 2.58 bits per heavy atom. The van der Waals surface area contributed by atoms with Crippen LogP contribution in [0.1, 0.15) is 16.5 Å². The SMILES string of the molecule is O=C(O)C1CS[C@H](c2ccncc2)N1C(=O)OCc1ccccc1. The number of aliphatic carboxylic acids is 1. The summed E-state index contributed by atoms with van der Waals surface area (Å²) in [4.78, 5) is 29.3. The molecule has 0 bridgehead atoms. The number of ether oxygens (including phenoxy) is 1. The number of amides is 1. The zero-order chi connectivity index (χ0) is 16.9. The van der Waals surface area contributed by atoms with Gasteiger partial charge in [-0.2, -0.15) is 0 Å². The molecule has 1 amide bonds. The van der Waals surface area contributed by atoms with Crippen LogP contribution in [-0.2, 0) is 16.1 Å². The Labute approximate surface area is 143 Å². The van der Waals surface area contributed by atoms with Crippen molar-refractivity contribution >= 4 is 23.8 Å². The van der Waals surface area contributed by atoms with Gasteiger partial charge in [0.2, 0.25) is 0 Å². The number of pyridine rings is 1. The highest BCUT2D eigenvalue weighted by molar-refractivity contribution is 7.99. The van der Waals surface area contributed by atoms with Crippen LogP contribution in [0.2, 0.25) is 0 Å². The number of rotatable bonds is 4. The fraction of sp³-hybridized carbons (Fsp3) is 0.235. The van der Waals surface area contributed by atoms with E-state index in [1.807, 2.05) is 30.3 Å². The van der Waals surface area contributed by atoms with E-state index < -0.39 is 23.5 Å². The highest BCUT2D eigenvalue weighted by Crippen LogP contribution is 2.41. The number of nitrogens with zero attached hydrogens (tertiary/aromatic N) is 2. The molecule has 124 valence electrons. The van der Waals surface area contributed by atoms with Crippen molar-refractivity contribution in [2.45, 2.75) is 18.0 Å². The standard InChI is InChI=1S/C17H16N2O4S/c20-16(21)14-11-24-15(13-6-8-18-9-7-13)19(14)17(22)23-10-12-4-2-1-3-5-12/h1-9,14-15H,10-11H2,(H,20,21)/t14?,15-/m1/s1. The van der Waals surface area contributed by atoms with Gasteiger partial charge in [0, 0.05) is 18.1 Å². The molecule has 1 aromatic carbocycles. The number of carboxylic acid groups (broad SMARTS) is 1. The van der Waals surface area contributed by atoms with Gasteiger partial charge in [0.05, 0.1) is 0 Å². The van der Waals surface area contributed by atoms with Crippen LogP contribution >= 0.6 is 11.8 Å². The number of thioether (sulfide) groups is 1. The minimum Gasteiger partial charge on any atom is -0.480 e. The average molecular weight is 344 g/mol. The smallest absolute Gasteiger partial charge is 0.412 e. The van der Waals surface area contributed by atoms with Crippen LogP contribution in [-0.4, -0.2) is 38.8 Å². The van der Waals surface area contributed by atoms with Gasteiger partial charge in [-0.3, -0.25) is 9.88 Å². The molecule has 1 unspecified atom stereocenters. The van der Waals surface area contributed by atoms with E-state index in [0.717, 1.165) is 11.1 Å². The lowest BCUT2D eigenvalue weighted by Gasteiger charge is -2.26. The quantitative estimate of drug-likeness (QED) is 0.919. The van der Waals surface area contributed by atoms with Gasteiger partial charge in [-0.25, -0.2) is 9.59 Å². The van der Waals surface area contributed by atoms with Gasteiger partial charge in [0.25, 0.3) is 0 Å². The first-order valence-corrected chi connectivity index (χ1v) is 8.45. The molecule has 0 saturated carbocycles. The number of carbonyl (C=O) groups is 2. The summed E-state index contributed by atoms with van der Waals surface area (Å²) in [5, 5.41) is 9.02. The molecule has 1 aliphatic rings. The highest BCUT2D eigenvalue weighted by Gasteiger charge is 2.43. The zero-order valence-electron chi connectivity index (χ0n) is 12.7. The molecule has 1 fully saturated rings. The van der Waals surface area contributed by atoms with Gasteiger partial charge in [-0.1, -0.05) is 30.3 Å². The number of aromatic nitrogens is 1. The lowest BCUT2D eigenvalue weighted by Crippen LogP contribution is -2.43. The van der Waals surface area contributed by atoms with Crippen molar-refractivity contribution in [2.24, 2.45) is 0 Å². The fourth-order valence-corrected chi connectivity index (χ4v) is 3.91. The maximum absolute atomic E-state index is 12.5. The molecule has 2 aromatic rings. The van der Waals surface area contributed by atoms with Gasteiger partial charge in [0.15, 0.2) is 0 Å². The Hall–Kier alpha value is -2.54. The van der Waals surface area contributed by atoms with E-state index in [1.54, 1.807) is 24.5 Å². The molecule has 3 rings (SSSR count). The van der Waals surface area contributed by atoms with E-state index in [1.165, 1.54) is 16.7 Å². The van der Waals surface area contributed by atoms with Gasteiger partial charge >= 0.3 is 12.1 Å². The second-order valence-electron chi connectivity index (χ2n) is 5.27. The number of carboxylic acids is 1. The number of hydrogen-bond acceptors (Lipinski definition) is 5. The number of carbonyl (C=O) groups excluding carboxylic acids is 1. The first-order valence-electron chi connectivity index (χ1n) is 7.40. The average Bonchev–Trinajstić information content (AvgIpc) is 3.07. The summed E-state index contributed by atoms with van der Waals surface area (Å²) in [6.07, 6.45) is 2.62. The van der Waals surface area contributed by atoms with Crippen molar-refractivity contribution in [3.05, 3.63) is 66.0 Å². The maximum Gasteiger partial charge on any atom is 0.412 e. The van der Waals surface area contributed by atoms with Crippen LogP contribution in [0.3, 0.4) is 0 Å². The molecule has 1 N–H and O–H groups in total. The first kappa shape index (κ1) is 16.3. The fourth-order valence-electron chi connectivity index (χ4n) is 2.50. The summed E-state index contributed by atoms with van der Waals surface area (Å²) < 4.78 is 5.34. The maximum atomic E-state index is 12.5. The minimum absolute atomic E-state index is 0.107. The number of benzene rings is 1. The highest BCUT2D eigenvalue weighted by atomic mass is 32.2. The third-order valence-electron chi connectivity index (χ3n) is 3.69. The molecule has 0 radical (unpaired) electrons. The van der Waals surface area contributed by atoms with Gasteiger partial charge in [-0.05, 0) is 23.3 Å². The third kappa shape index (κ3) is 3.51. The summed E-state index contributed by atoms with van der Waals surface area (Å²) in [6, 6.07) is 11.9. The van der Waals surface area contributed by atoms with Crippen molar-refractivity contribution in [1.82, 2.24) is 9.88 Å². The third-order valence-corrected chi connectivity index (χ3v) is 5.02. The Balaban J connectivity index is 1.77. The molecule has 24 heavy (non-hydrogen) atoms. The molecule has 0 spiro atoms. The van der Waals surface area contributed by atoms with Crippen LogP contribution in [0.15, 0.2) is 54.9 Å². The Bertz CT molecular complexity index is 711. The predicted molar refractivity (Wildman–Crippen MR) is 89.3 cm³/mol. The lowest BCUT2D eigenvalue weighted by molar-refractivity contribution is -0.141. The van der Waals surface area contributed by atoms with E-state index in [9.17, 15) is 14.7 Å². The summed E-state index contributed by atoms with van der Waals surface area (Å²) in [5.41, 5.74) is 1.68.